The highest BCUT2D eigenvalue weighted by molar-refractivity contribution is 6.33. The number of rotatable bonds is 3. The van der Waals surface area contributed by atoms with Crippen molar-refractivity contribution in [2.75, 3.05) is 5.32 Å². The second-order valence-corrected chi connectivity index (χ2v) is 3.89. The van der Waals surface area contributed by atoms with Crippen LogP contribution in [0.2, 0.25) is 5.02 Å². The molecule has 0 aliphatic heterocycles. The number of nitrogens with one attached hydrogen (secondary N) is 1. The molecule has 0 saturated carbocycles. The van der Waals surface area contributed by atoms with E-state index in [2.05, 4.69) is 11.2 Å². The summed E-state index contributed by atoms with van der Waals surface area (Å²) in [5.41, 5.74) is 7.13. The number of halogens is 1. The molecule has 0 saturated heterocycles. The van der Waals surface area contributed by atoms with Crippen LogP contribution in [0.25, 0.3) is 0 Å². The van der Waals surface area contributed by atoms with Gasteiger partial charge in [0.15, 0.2) is 0 Å². The Labute approximate surface area is 100.0 Å². The fraction of sp³-hybridized carbons (Fsp3) is 0.250. The molecule has 0 heterocycles. The number of aryl methyl sites for hydroxylation is 1. The minimum absolute atomic E-state index is 0.204. The second-order valence-electron chi connectivity index (χ2n) is 3.49. The Hall–Kier alpha value is -1.50. The maximum absolute atomic E-state index is 11.5. The summed E-state index contributed by atoms with van der Waals surface area (Å²) in [7, 11) is 0. The lowest BCUT2D eigenvalue weighted by molar-refractivity contribution is -0.117. The van der Waals surface area contributed by atoms with Crippen molar-refractivity contribution in [1.29, 1.82) is 0 Å². The molecule has 0 fully saturated rings. The lowest BCUT2D eigenvalue weighted by Crippen LogP contribution is -2.35. The molecule has 1 aromatic rings. The van der Waals surface area contributed by atoms with E-state index < -0.39 is 6.04 Å². The molecule has 16 heavy (non-hydrogen) atoms. The van der Waals surface area contributed by atoms with E-state index in [-0.39, 0.29) is 12.3 Å². The summed E-state index contributed by atoms with van der Waals surface area (Å²) in [4.78, 5) is 11.5. The zero-order valence-corrected chi connectivity index (χ0v) is 9.71. The monoisotopic (exact) mass is 236 g/mol. The van der Waals surface area contributed by atoms with Gasteiger partial charge in [0, 0.05) is 6.42 Å². The Morgan fingerprint density at radius 2 is 2.38 bits per heavy atom. The van der Waals surface area contributed by atoms with Gasteiger partial charge in [0.25, 0.3) is 0 Å². The molecule has 0 aliphatic carbocycles. The minimum atomic E-state index is -0.706. The van der Waals surface area contributed by atoms with E-state index in [1.807, 2.05) is 13.0 Å². The molecule has 0 radical (unpaired) electrons. The van der Waals surface area contributed by atoms with Gasteiger partial charge in [-0.2, -0.15) is 0 Å². The topological polar surface area (TPSA) is 55.1 Å². The largest absolute Gasteiger partial charge is 0.323 e. The number of nitrogens with two attached hydrogens (primary N) is 1. The van der Waals surface area contributed by atoms with Gasteiger partial charge in [0.2, 0.25) is 5.91 Å². The predicted molar refractivity (Wildman–Crippen MR) is 66.2 cm³/mol. The average molecular weight is 237 g/mol. The number of carbonyl (C=O) groups is 1. The van der Waals surface area contributed by atoms with Gasteiger partial charge < -0.3 is 11.1 Å². The molecule has 0 aliphatic rings. The maximum atomic E-state index is 11.5. The van der Waals surface area contributed by atoms with Crippen molar-refractivity contribution in [1.82, 2.24) is 0 Å². The summed E-state index contributed by atoms with van der Waals surface area (Å²) in [5, 5.41) is 3.12. The number of carbonyl (C=O) groups excluding carboxylic acids is 1. The van der Waals surface area contributed by atoms with E-state index in [0.717, 1.165) is 5.56 Å². The van der Waals surface area contributed by atoms with E-state index >= 15 is 0 Å². The first-order valence-corrected chi connectivity index (χ1v) is 5.18. The summed E-state index contributed by atoms with van der Waals surface area (Å²) in [6.07, 6.45) is 5.28. The lowest BCUT2D eigenvalue weighted by atomic mass is 10.2. The van der Waals surface area contributed by atoms with Crippen molar-refractivity contribution in [2.45, 2.75) is 19.4 Å². The smallest absolute Gasteiger partial charge is 0.242 e. The zero-order chi connectivity index (χ0) is 12.1. The van der Waals surface area contributed by atoms with Crippen LogP contribution in [0.3, 0.4) is 0 Å². The summed E-state index contributed by atoms with van der Waals surface area (Å²) >= 11 is 5.96. The third kappa shape index (κ3) is 3.27. The van der Waals surface area contributed by atoms with Gasteiger partial charge in [-0.3, -0.25) is 4.79 Å². The Morgan fingerprint density at radius 3 is 2.94 bits per heavy atom. The minimum Gasteiger partial charge on any atom is -0.323 e. The van der Waals surface area contributed by atoms with E-state index in [9.17, 15) is 4.79 Å². The highest BCUT2D eigenvalue weighted by Gasteiger charge is 2.13. The van der Waals surface area contributed by atoms with Crippen molar-refractivity contribution in [3.63, 3.8) is 0 Å². The van der Waals surface area contributed by atoms with Crippen LogP contribution in [-0.4, -0.2) is 11.9 Å². The number of benzene rings is 1. The van der Waals surface area contributed by atoms with Crippen LogP contribution in [-0.2, 0) is 4.79 Å². The molecule has 1 amide bonds. The molecular weight excluding hydrogens is 224 g/mol. The molecule has 1 rings (SSSR count). The number of hydrogen-bond donors (Lipinski definition) is 2. The molecular formula is C12H13ClN2O. The second kappa shape index (κ2) is 5.55. The fourth-order valence-electron chi connectivity index (χ4n) is 1.17. The number of terminal acetylenes is 1. The van der Waals surface area contributed by atoms with Crippen LogP contribution in [0.15, 0.2) is 18.2 Å². The molecule has 0 aromatic heterocycles. The van der Waals surface area contributed by atoms with E-state index in [0.29, 0.717) is 10.7 Å². The van der Waals surface area contributed by atoms with Crippen molar-refractivity contribution in [2.24, 2.45) is 5.73 Å². The fourth-order valence-corrected chi connectivity index (χ4v) is 1.45. The maximum Gasteiger partial charge on any atom is 0.242 e. The van der Waals surface area contributed by atoms with Crippen molar-refractivity contribution in [3.8, 4) is 12.3 Å². The van der Waals surface area contributed by atoms with Crippen LogP contribution < -0.4 is 11.1 Å². The van der Waals surface area contributed by atoms with Gasteiger partial charge in [0.1, 0.15) is 0 Å². The summed E-state index contributed by atoms with van der Waals surface area (Å²) < 4.78 is 0. The van der Waals surface area contributed by atoms with Gasteiger partial charge in [-0.1, -0.05) is 17.7 Å². The summed E-state index contributed by atoms with van der Waals surface area (Å²) in [5.74, 6) is 2.01. The molecule has 1 aromatic carbocycles. The summed E-state index contributed by atoms with van der Waals surface area (Å²) in [6, 6.07) is 4.65. The van der Waals surface area contributed by atoms with Gasteiger partial charge in [-0.05, 0) is 24.6 Å². The molecule has 3 nitrogen and oxygen atoms in total. The first-order valence-electron chi connectivity index (χ1n) is 4.80. The Morgan fingerprint density at radius 1 is 1.69 bits per heavy atom. The van der Waals surface area contributed by atoms with E-state index in [1.165, 1.54) is 0 Å². The molecule has 0 spiro atoms. The highest BCUT2D eigenvalue weighted by atomic mass is 35.5. The van der Waals surface area contributed by atoms with Crippen LogP contribution in [0, 0.1) is 19.3 Å². The van der Waals surface area contributed by atoms with Crippen LogP contribution in [0.1, 0.15) is 12.0 Å². The van der Waals surface area contributed by atoms with E-state index in [4.69, 9.17) is 23.8 Å². The molecule has 0 bridgehead atoms. The van der Waals surface area contributed by atoms with Crippen LogP contribution in [0.4, 0.5) is 5.69 Å². The zero-order valence-electron chi connectivity index (χ0n) is 8.96. The average Bonchev–Trinajstić information content (AvgIpc) is 2.22. The summed E-state index contributed by atoms with van der Waals surface area (Å²) in [6.45, 7) is 1.92. The predicted octanol–water partition coefficient (Wildman–Crippen LogP) is 1.94. The number of anilines is 1. The lowest BCUT2D eigenvalue weighted by Gasteiger charge is -2.11. The molecule has 1 atom stereocenters. The Kier molecular flexibility index (Phi) is 4.36. The molecule has 3 N–H and O–H groups in total. The van der Waals surface area contributed by atoms with Gasteiger partial charge >= 0.3 is 0 Å². The SMILES string of the molecule is C#CCC(N)C(=O)Nc1ccc(C)cc1Cl. The van der Waals surface area contributed by atoms with Crippen LogP contribution >= 0.6 is 11.6 Å². The normalized spacial score (nSPS) is 11.6. The number of hydrogen-bond acceptors (Lipinski definition) is 2. The van der Waals surface area contributed by atoms with Gasteiger partial charge in [0.05, 0.1) is 16.8 Å². The van der Waals surface area contributed by atoms with Crippen LogP contribution in [0.5, 0.6) is 0 Å². The Balaban J connectivity index is 2.74. The first-order chi connectivity index (χ1) is 7.54. The quantitative estimate of drug-likeness (QED) is 0.788. The molecule has 84 valence electrons. The number of amides is 1. The molecule has 4 heteroatoms. The van der Waals surface area contributed by atoms with Gasteiger partial charge in [-0.25, -0.2) is 0 Å². The van der Waals surface area contributed by atoms with Crippen molar-refractivity contribution < 1.29 is 4.79 Å². The first kappa shape index (κ1) is 12.6. The van der Waals surface area contributed by atoms with E-state index in [1.54, 1.807) is 12.1 Å². The molecule has 1 unspecified atom stereocenters. The third-order valence-electron chi connectivity index (χ3n) is 2.06. The Bertz CT molecular complexity index is 437. The third-order valence-corrected chi connectivity index (χ3v) is 2.37. The van der Waals surface area contributed by atoms with Crippen molar-refractivity contribution in [3.05, 3.63) is 28.8 Å². The standard InChI is InChI=1S/C12H13ClN2O/c1-3-4-10(14)12(16)15-11-6-5-8(2)7-9(11)13/h1,5-7,10H,4,14H2,2H3,(H,15,16). The highest BCUT2D eigenvalue weighted by Crippen LogP contribution is 2.22. The van der Waals surface area contributed by atoms with Crippen molar-refractivity contribution >= 4 is 23.2 Å². The van der Waals surface area contributed by atoms with Gasteiger partial charge in [-0.15, -0.1) is 12.3 Å².